The fraction of sp³-hybridized carbons (Fsp3) is 0.381. The van der Waals surface area contributed by atoms with E-state index in [-0.39, 0.29) is 12.5 Å². The van der Waals surface area contributed by atoms with Crippen LogP contribution in [0.4, 0.5) is 5.69 Å². The lowest BCUT2D eigenvalue weighted by Crippen LogP contribution is -2.50. The standard InChI is InChI=1S/C21H26N2O3/c1-3-17-7-6-8-18(15-17)26-16-21(24)23-13-11-22(12-14-23)19-9-4-5-10-20(19)25-2/h4-10,15H,3,11-14,16H2,1-2H3. The maximum atomic E-state index is 12.4. The highest BCUT2D eigenvalue weighted by Crippen LogP contribution is 2.28. The van der Waals surface area contributed by atoms with Crippen LogP contribution >= 0.6 is 0 Å². The minimum atomic E-state index is 0.0339. The zero-order valence-electron chi connectivity index (χ0n) is 15.5. The summed E-state index contributed by atoms with van der Waals surface area (Å²) < 4.78 is 11.1. The van der Waals surface area contributed by atoms with Gasteiger partial charge < -0.3 is 19.3 Å². The molecule has 5 heteroatoms. The van der Waals surface area contributed by atoms with E-state index in [9.17, 15) is 4.79 Å². The normalized spacial score (nSPS) is 14.2. The summed E-state index contributed by atoms with van der Waals surface area (Å²) in [6, 6.07) is 15.9. The molecule has 138 valence electrons. The molecule has 26 heavy (non-hydrogen) atoms. The third kappa shape index (κ3) is 4.28. The number of benzene rings is 2. The van der Waals surface area contributed by atoms with Crippen molar-refractivity contribution >= 4 is 11.6 Å². The van der Waals surface area contributed by atoms with Gasteiger partial charge >= 0.3 is 0 Å². The molecule has 5 nitrogen and oxygen atoms in total. The minimum Gasteiger partial charge on any atom is -0.495 e. The largest absolute Gasteiger partial charge is 0.495 e. The second-order valence-corrected chi connectivity index (χ2v) is 6.33. The van der Waals surface area contributed by atoms with E-state index < -0.39 is 0 Å². The molecule has 0 radical (unpaired) electrons. The maximum absolute atomic E-state index is 12.4. The second-order valence-electron chi connectivity index (χ2n) is 6.33. The Balaban J connectivity index is 1.52. The summed E-state index contributed by atoms with van der Waals surface area (Å²) in [5.74, 6) is 1.66. The molecule has 0 saturated carbocycles. The van der Waals surface area contributed by atoms with Gasteiger partial charge in [-0.15, -0.1) is 0 Å². The first-order valence-electron chi connectivity index (χ1n) is 9.08. The monoisotopic (exact) mass is 354 g/mol. The zero-order chi connectivity index (χ0) is 18.4. The fourth-order valence-electron chi connectivity index (χ4n) is 3.18. The molecule has 0 aromatic heterocycles. The van der Waals surface area contributed by atoms with E-state index in [1.165, 1.54) is 5.56 Å². The number of carbonyl (C=O) groups excluding carboxylic acids is 1. The van der Waals surface area contributed by atoms with Gasteiger partial charge in [0.1, 0.15) is 11.5 Å². The molecule has 0 N–H and O–H groups in total. The molecular formula is C21H26N2O3. The maximum Gasteiger partial charge on any atom is 0.260 e. The van der Waals surface area contributed by atoms with Gasteiger partial charge in [-0.1, -0.05) is 31.2 Å². The Morgan fingerprint density at radius 3 is 2.54 bits per heavy atom. The van der Waals surface area contributed by atoms with E-state index >= 15 is 0 Å². The van der Waals surface area contributed by atoms with Crippen LogP contribution in [-0.2, 0) is 11.2 Å². The molecule has 2 aromatic carbocycles. The average molecular weight is 354 g/mol. The van der Waals surface area contributed by atoms with Crippen molar-refractivity contribution in [2.24, 2.45) is 0 Å². The van der Waals surface area contributed by atoms with Crippen molar-refractivity contribution in [2.75, 3.05) is 44.8 Å². The summed E-state index contributed by atoms with van der Waals surface area (Å²) in [5.41, 5.74) is 2.29. The smallest absolute Gasteiger partial charge is 0.260 e. The van der Waals surface area contributed by atoms with Gasteiger partial charge in [-0.25, -0.2) is 0 Å². The number of nitrogens with zero attached hydrogens (tertiary/aromatic N) is 2. The van der Waals surface area contributed by atoms with Crippen molar-refractivity contribution in [1.29, 1.82) is 0 Å². The molecule has 1 aliphatic heterocycles. The first kappa shape index (κ1) is 18.1. The third-order valence-electron chi connectivity index (χ3n) is 4.73. The molecule has 0 unspecified atom stereocenters. The van der Waals surface area contributed by atoms with Crippen molar-refractivity contribution in [1.82, 2.24) is 4.90 Å². The van der Waals surface area contributed by atoms with Crippen LogP contribution in [0.25, 0.3) is 0 Å². The van der Waals surface area contributed by atoms with Crippen molar-refractivity contribution in [3.63, 3.8) is 0 Å². The van der Waals surface area contributed by atoms with E-state index in [1.54, 1.807) is 7.11 Å². The quantitative estimate of drug-likeness (QED) is 0.800. The molecule has 1 amide bonds. The van der Waals surface area contributed by atoms with Gasteiger partial charge in [0.15, 0.2) is 6.61 Å². The summed E-state index contributed by atoms with van der Waals surface area (Å²) in [7, 11) is 1.68. The first-order valence-corrected chi connectivity index (χ1v) is 9.08. The Morgan fingerprint density at radius 1 is 1.04 bits per heavy atom. The van der Waals surface area contributed by atoms with Crippen LogP contribution in [-0.4, -0.2) is 50.7 Å². The number of methoxy groups -OCH3 is 1. The van der Waals surface area contributed by atoms with Crippen LogP contribution in [0, 0.1) is 0 Å². The molecule has 0 atom stereocenters. The van der Waals surface area contributed by atoms with Crippen molar-refractivity contribution in [3.05, 3.63) is 54.1 Å². The number of carbonyl (C=O) groups is 1. The molecule has 0 aliphatic carbocycles. The van der Waals surface area contributed by atoms with E-state index in [2.05, 4.69) is 24.0 Å². The summed E-state index contributed by atoms with van der Waals surface area (Å²) in [4.78, 5) is 16.6. The minimum absolute atomic E-state index is 0.0339. The molecule has 1 heterocycles. The van der Waals surface area contributed by atoms with Crippen molar-refractivity contribution < 1.29 is 14.3 Å². The van der Waals surface area contributed by atoms with Crippen LogP contribution in [0.2, 0.25) is 0 Å². The van der Waals surface area contributed by atoms with Crippen LogP contribution in [0.1, 0.15) is 12.5 Å². The van der Waals surface area contributed by atoms with Gasteiger partial charge in [-0.3, -0.25) is 4.79 Å². The lowest BCUT2D eigenvalue weighted by atomic mass is 10.2. The highest BCUT2D eigenvalue weighted by molar-refractivity contribution is 5.78. The molecular weight excluding hydrogens is 328 g/mol. The second kappa shape index (κ2) is 8.61. The number of amides is 1. The summed E-state index contributed by atoms with van der Waals surface area (Å²) in [6.07, 6.45) is 0.954. The molecule has 1 aliphatic rings. The molecule has 0 bridgehead atoms. The van der Waals surface area contributed by atoms with Gasteiger partial charge in [0.2, 0.25) is 0 Å². The fourth-order valence-corrected chi connectivity index (χ4v) is 3.18. The molecule has 0 spiro atoms. The number of ether oxygens (including phenoxy) is 2. The number of rotatable bonds is 6. The van der Waals surface area contributed by atoms with E-state index in [0.29, 0.717) is 13.1 Å². The third-order valence-corrected chi connectivity index (χ3v) is 4.73. The summed E-state index contributed by atoms with van der Waals surface area (Å²) in [6.45, 7) is 5.15. The van der Waals surface area contributed by atoms with E-state index in [4.69, 9.17) is 9.47 Å². The van der Waals surface area contributed by atoms with E-state index in [0.717, 1.165) is 36.7 Å². The predicted molar refractivity (Wildman–Crippen MR) is 103 cm³/mol. The zero-order valence-corrected chi connectivity index (χ0v) is 15.5. The average Bonchev–Trinajstić information content (AvgIpc) is 2.72. The van der Waals surface area contributed by atoms with Gasteiger partial charge in [0, 0.05) is 26.2 Å². The molecule has 3 rings (SSSR count). The molecule has 1 saturated heterocycles. The van der Waals surface area contributed by atoms with Gasteiger partial charge in [0.25, 0.3) is 5.91 Å². The van der Waals surface area contributed by atoms with Crippen LogP contribution in [0.3, 0.4) is 0 Å². The van der Waals surface area contributed by atoms with E-state index in [1.807, 2.05) is 41.3 Å². The van der Waals surface area contributed by atoms with Crippen molar-refractivity contribution in [3.8, 4) is 11.5 Å². The summed E-state index contributed by atoms with van der Waals surface area (Å²) in [5, 5.41) is 0. The van der Waals surface area contributed by atoms with Crippen LogP contribution < -0.4 is 14.4 Å². The lowest BCUT2D eigenvalue weighted by Gasteiger charge is -2.36. The number of para-hydroxylation sites is 2. The van der Waals surface area contributed by atoms with Crippen molar-refractivity contribution in [2.45, 2.75) is 13.3 Å². The lowest BCUT2D eigenvalue weighted by molar-refractivity contribution is -0.133. The number of hydrogen-bond acceptors (Lipinski definition) is 4. The van der Waals surface area contributed by atoms with Gasteiger partial charge in [-0.05, 0) is 36.2 Å². The Morgan fingerprint density at radius 2 is 1.81 bits per heavy atom. The molecule has 1 fully saturated rings. The Kier molecular flexibility index (Phi) is 6.00. The van der Waals surface area contributed by atoms with Gasteiger partial charge in [-0.2, -0.15) is 0 Å². The van der Waals surface area contributed by atoms with Gasteiger partial charge in [0.05, 0.1) is 12.8 Å². The Hall–Kier alpha value is -2.69. The highest BCUT2D eigenvalue weighted by Gasteiger charge is 2.23. The number of piperazine rings is 1. The highest BCUT2D eigenvalue weighted by atomic mass is 16.5. The molecule has 2 aromatic rings. The topological polar surface area (TPSA) is 42.0 Å². The van der Waals surface area contributed by atoms with Crippen LogP contribution in [0.5, 0.6) is 11.5 Å². The number of aryl methyl sites for hydroxylation is 1. The SMILES string of the molecule is CCc1cccc(OCC(=O)N2CCN(c3ccccc3OC)CC2)c1. The predicted octanol–water partition coefficient (Wildman–Crippen LogP) is 2.99. The summed E-state index contributed by atoms with van der Waals surface area (Å²) >= 11 is 0. The first-order chi connectivity index (χ1) is 12.7. The Bertz CT molecular complexity index is 740. The number of anilines is 1. The Labute approximate surface area is 155 Å². The number of hydrogen-bond donors (Lipinski definition) is 0. The van der Waals surface area contributed by atoms with Crippen LogP contribution in [0.15, 0.2) is 48.5 Å².